The second-order valence-electron chi connectivity index (χ2n) is 12.5. The molecule has 0 saturated heterocycles. The third-order valence-corrected chi connectivity index (χ3v) is 12.8. The summed E-state index contributed by atoms with van der Waals surface area (Å²) >= 11 is 7.13. The Bertz CT molecular complexity index is 2210. The minimum absolute atomic E-state index is 0.356. The number of carbonyl (C=O) groups is 2. The molecule has 0 fully saturated rings. The molecule has 2 aromatic heterocycles. The van der Waals surface area contributed by atoms with Crippen molar-refractivity contribution >= 4 is 68.9 Å². The lowest BCUT2D eigenvalue weighted by molar-refractivity contribution is -0.138. The van der Waals surface area contributed by atoms with E-state index in [2.05, 4.69) is 110 Å². The molecule has 55 heavy (non-hydrogen) atoms. The summed E-state index contributed by atoms with van der Waals surface area (Å²) in [5.74, 6) is 15.5. The third kappa shape index (κ3) is 14.5. The summed E-state index contributed by atoms with van der Waals surface area (Å²) in [5, 5.41) is 2.30. The van der Waals surface area contributed by atoms with Crippen LogP contribution in [0.5, 0.6) is 5.75 Å². The van der Waals surface area contributed by atoms with Crippen molar-refractivity contribution < 1.29 is 23.8 Å². The minimum Gasteiger partial charge on any atom is -0.489 e. The quantitative estimate of drug-likeness (QED) is 0.0271. The summed E-state index contributed by atoms with van der Waals surface area (Å²) in [6.45, 7) is 10.3. The van der Waals surface area contributed by atoms with Crippen molar-refractivity contribution in [2.24, 2.45) is 0 Å². The van der Waals surface area contributed by atoms with Crippen molar-refractivity contribution in [3.05, 3.63) is 136 Å². The Kier molecular flexibility index (Phi) is 17.1. The average Bonchev–Trinajstić information content (AvgIpc) is 3.87. The van der Waals surface area contributed by atoms with Crippen LogP contribution < -0.4 is 4.74 Å². The van der Waals surface area contributed by atoms with E-state index in [1.54, 1.807) is 22.7 Å². The molecule has 3 aromatic carbocycles. The van der Waals surface area contributed by atoms with Gasteiger partial charge in [0.1, 0.15) is 12.4 Å². The van der Waals surface area contributed by atoms with E-state index in [-0.39, 0.29) is 11.9 Å². The van der Waals surface area contributed by atoms with E-state index in [9.17, 15) is 9.59 Å². The second-order valence-corrected chi connectivity index (χ2v) is 17.4. The summed E-state index contributed by atoms with van der Waals surface area (Å²) < 4.78 is 18.8. The molecule has 9 heteroatoms. The van der Waals surface area contributed by atoms with Crippen LogP contribution in [0.1, 0.15) is 70.5 Å². The molecule has 0 aliphatic carbocycles. The zero-order valence-electron chi connectivity index (χ0n) is 31.0. The van der Waals surface area contributed by atoms with E-state index in [4.69, 9.17) is 14.2 Å². The number of thioether (sulfide) groups is 2. The van der Waals surface area contributed by atoms with E-state index in [0.717, 1.165) is 98.6 Å². The van der Waals surface area contributed by atoms with E-state index in [0.29, 0.717) is 19.8 Å². The predicted octanol–water partition coefficient (Wildman–Crippen LogP) is 11.6. The van der Waals surface area contributed by atoms with Crippen molar-refractivity contribution in [1.82, 2.24) is 0 Å². The van der Waals surface area contributed by atoms with Crippen LogP contribution in [-0.4, -0.2) is 36.7 Å². The lowest BCUT2D eigenvalue weighted by Crippen LogP contribution is -2.01. The maximum atomic E-state index is 11.1. The molecule has 0 N–H and O–H groups in total. The molecule has 2 heterocycles. The van der Waals surface area contributed by atoms with Crippen LogP contribution in [0.3, 0.4) is 0 Å². The molecule has 5 nitrogen and oxygen atoms in total. The van der Waals surface area contributed by atoms with Crippen LogP contribution in [0, 0.1) is 30.6 Å². The van der Waals surface area contributed by atoms with Gasteiger partial charge in [0, 0.05) is 23.3 Å². The fraction of sp³-hybridized carbons (Fsp3) is 0.261. The van der Waals surface area contributed by atoms with E-state index >= 15 is 0 Å². The third-order valence-electron chi connectivity index (χ3n) is 8.18. The number of thiophene rings is 2. The predicted molar refractivity (Wildman–Crippen MR) is 232 cm³/mol. The monoisotopic (exact) mass is 804 g/mol. The van der Waals surface area contributed by atoms with Gasteiger partial charge in [-0.3, -0.25) is 0 Å². The van der Waals surface area contributed by atoms with E-state index < -0.39 is 0 Å². The Morgan fingerprint density at radius 3 is 1.76 bits per heavy atom. The molecule has 5 rings (SSSR count). The molecule has 0 atom stereocenters. The topological polar surface area (TPSA) is 61.8 Å². The molecule has 0 bridgehead atoms. The Hall–Kier alpha value is -4.64. The normalized spacial score (nSPS) is 10.5. The first-order valence-corrected chi connectivity index (χ1v) is 21.8. The maximum Gasteiger partial charge on any atom is 0.330 e. The number of aryl methyl sites for hydroxylation is 1. The molecule has 282 valence electrons. The van der Waals surface area contributed by atoms with Gasteiger partial charge < -0.3 is 14.2 Å². The lowest BCUT2D eigenvalue weighted by atomic mass is 10.0. The van der Waals surface area contributed by atoms with Crippen molar-refractivity contribution in [1.29, 1.82) is 0 Å². The van der Waals surface area contributed by atoms with Gasteiger partial charge in [-0.15, -0.1) is 46.2 Å². The average molecular weight is 805 g/mol. The van der Waals surface area contributed by atoms with Crippen LogP contribution in [0.15, 0.2) is 113 Å². The highest BCUT2D eigenvalue weighted by Crippen LogP contribution is 2.29. The van der Waals surface area contributed by atoms with Crippen molar-refractivity contribution in [3.63, 3.8) is 0 Å². The SMILES string of the molecule is C=CC(=O)OCCCCCSc1ccc(C#Cc2ccc(OCc3ccc4cc(C#Cc5ccc(SCCCCCOC(=O)C=C)s5)ccc4c3)c(C)c2)s1. The smallest absolute Gasteiger partial charge is 0.330 e. The first-order valence-electron chi connectivity index (χ1n) is 18.2. The van der Waals surface area contributed by atoms with Crippen LogP contribution in [0.25, 0.3) is 10.8 Å². The number of benzene rings is 3. The van der Waals surface area contributed by atoms with Gasteiger partial charge in [0.2, 0.25) is 0 Å². The van der Waals surface area contributed by atoms with Gasteiger partial charge in [-0.05, 0) is 140 Å². The first kappa shape index (κ1) is 41.5. The molecule has 0 aliphatic heterocycles. The zero-order chi connectivity index (χ0) is 38.7. The number of carbonyl (C=O) groups excluding carboxylic acids is 2. The van der Waals surface area contributed by atoms with Crippen LogP contribution in [-0.2, 0) is 25.7 Å². The van der Waals surface area contributed by atoms with Crippen LogP contribution in [0.2, 0.25) is 0 Å². The summed E-state index contributed by atoms with van der Waals surface area (Å²) in [4.78, 5) is 24.3. The number of esters is 2. The number of rotatable bonds is 19. The van der Waals surface area contributed by atoms with Gasteiger partial charge in [-0.25, -0.2) is 9.59 Å². The molecule has 5 aromatic rings. The molecule has 0 spiro atoms. The first-order chi connectivity index (χ1) is 26.9. The molecule has 0 radical (unpaired) electrons. The second kappa shape index (κ2) is 22.7. The lowest BCUT2D eigenvalue weighted by Gasteiger charge is -2.10. The maximum absolute atomic E-state index is 11.1. The molecule has 0 saturated carbocycles. The van der Waals surface area contributed by atoms with Gasteiger partial charge in [-0.1, -0.05) is 55.0 Å². The Labute approximate surface area is 341 Å². The highest BCUT2D eigenvalue weighted by molar-refractivity contribution is 8.01. The van der Waals surface area contributed by atoms with E-state index in [1.165, 1.54) is 20.6 Å². The van der Waals surface area contributed by atoms with E-state index in [1.807, 2.05) is 35.7 Å². The van der Waals surface area contributed by atoms with Crippen LogP contribution >= 0.6 is 46.2 Å². The van der Waals surface area contributed by atoms with Crippen molar-refractivity contribution in [2.75, 3.05) is 24.7 Å². The fourth-order valence-corrected chi connectivity index (χ4v) is 9.40. The Balaban J connectivity index is 1.04. The van der Waals surface area contributed by atoms with Gasteiger partial charge in [0.05, 0.1) is 31.4 Å². The largest absolute Gasteiger partial charge is 0.489 e. The summed E-state index contributed by atoms with van der Waals surface area (Å²) in [7, 11) is 0. The van der Waals surface area contributed by atoms with Gasteiger partial charge in [0.15, 0.2) is 0 Å². The number of ether oxygens (including phenoxy) is 3. The summed E-state index contributed by atoms with van der Waals surface area (Å²) in [6, 6.07) is 27.3. The highest BCUT2D eigenvalue weighted by atomic mass is 32.2. The van der Waals surface area contributed by atoms with Crippen LogP contribution in [0.4, 0.5) is 0 Å². The zero-order valence-corrected chi connectivity index (χ0v) is 34.3. The number of hydrogen-bond donors (Lipinski definition) is 0. The molecular formula is C46H44O5S4. The fourth-order valence-electron chi connectivity index (χ4n) is 5.28. The number of unbranched alkanes of at least 4 members (excludes halogenated alkanes) is 4. The Morgan fingerprint density at radius 1 is 0.636 bits per heavy atom. The highest BCUT2D eigenvalue weighted by Gasteiger charge is 2.05. The molecular weight excluding hydrogens is 761 g/mol. The molecule has 0 unspecified atom stereocenters. The van der Waals surface area contributed by atoms with Gasteiger partial charge in [-0.2, -0.15) is 0 Å². The number of hydrogen-bond acceptors (Lipinski definition) is 9. The Morgan fingerprint density at radius 2 is 1.18 bits per heavy atom. The molecule has 0 aliphatic rings. The molecule has 0 amide bonds. The van der Waals surface area contributed by atoms with Crippen molar-refractivity contribution in [2.45, 2.75) is 60.5 Å². The van der Waals surface area contributed by atoms with Gasteiger partial charge >= 0.3 is 11.9 Å². The minimum atomic E-state index is -0.357. The van der Waals surface area contributed by atoms with Gasteiger partial charge in [0.25, 0.3) is 0 Å². The number of fused-ring (bicyclic) bond motifs is 1. The summed E-state index contributed by atoms with van der Waals surface area (Å²) in [6.07, 6.45) is 8.33. The van der Waals surface area contributed by atoms with Crippen molar-refractivity contribution in [3.8, 4) is 29.4 Å². The standard InChI is InChI=1S/C46H44O5S4/c1-4-43(47)49-26-8-6-10-28-52-45-24-21-40(54-45)19-14-35-16-23-42(34(3)30-35)51-33-37-13-18-38-31-36(12-17-39(38)32-37)15-20-41-22-25-46(55-41)53-29-11-7-9-27-50-44(48)5-2/h4-5,12-13,16-18,21-25,30-32H,1-2,6-11,26-29,33H2,3H3. The summed E-state index contributed by atoms with van der Waals surface area (Å²) in [5.41, 5.74) is 4.11.